The van der Waals surface area contributed by atoms with Crippen LogP contribution in [0.2, 0.25) is 10.0 Å². The Hall–Kier alpha value is -0.850. The number of hydrogen-bond donors (Lipinski definition) is 1. The summed E-state index contributed by atoms with van der Waals surface area (Å²) in [5.41, 5.74) is 1.27. The van der Waals surface area contributed by atoms with Crippen LogP contribution in [0.25, 0.3) is 11.4 Å². The minimum atomic E-state index is 0.445. The molecule has 0 unspecified atom stereocenters. The second-order valence-corrected chi connectivity index (χ2v) is 4.82. The summed E-state index contributed by atoms with van der Waals surface area (Å²) in [6, 6.07) is 1.64. The smallest absolute Gasteiger partial charge is 0.157 e. The van der Waals surface area contributed by atoms with Crippen molar-refractivity contribution in [2.45, 2.75) is 0 Å². The normalized spacial score (nSPS) is 10.6. The molecule has 2 heterocycles. The highest BCUT2D eigenvalue weighted by atomic mass is 79.9. The number of pyridine rings is 1. The van der Waals surface area contributed by atoms with Crippen LogP contribution >= 0.6 is 39.1 Å². The topological polar surface area (TPSA) is 55.6 Å². The molecule has 0 amide bonds. The van der Waals surface area contributed by atoms with E-state index in [1.165, 1.54) is 0 Å². The van der Waals surface area contributed by atoms with Crippen molar-refractivity contribution >= 4 is 44.9 Å². The maximum absolute atomic E-state index is 6.13. The molecule has 0 aliphatic heterocycles. The van der Waals surface area contributed by atoms with Gasteiger partial charge >= 0.3 is 0 Å². The Labute approximate surface area is 116 Å². The summed E-state index contributed by atoms with van der Waals surface area (Å²) in [6.45, 7) is 0. The van der Waals surface area contributed by atoms with E-state index in [1.807, 2.05) is 0 Å². The lowest BCUT2D eigenvalue weighted by molar-refractivity contribution is 0.718. The van der Waals surface area contributed by atoms with Crippen molar-refractivity contribution in [3.8, 4) is 11.4 Å². The Bertz CT molecular complexity index is 549. The number of rotatable bonds is 2. The number of nitrogens with one attached hydrogen (secondary N) is 1. The highest BCUT2D eigenvalue weighted by Gasteiger charge is 2.17. The number of aryl methyl sites for hydroxylation is 1. The minimum Gasteiger partial charge on any atom is -0.372 e. The summed E-state index contributed by atoms with van der Waals surface area (Å²) < 4.78 is 2.17. The quantitative estimate of drug-likeness (QED) is 0.916. The van der Waals surface area contributed by atoms with Gasteiger partial charge in [-0.2, -0.15) is 0 Å². The van der Waals surface area contributed by atoms with Gasteiger partial charge in [0.1, 0.15) is 17.2 Å². The number of halogens is 3. The standard InChI is InChI=1S/C9H8BrCl2N5/c1-13-9-5(12)3-4(11)6(14-9)7-8(10)15-16-17(7)2/h3H,1-2H3,(H,13,14). The fourth-order valence-corrected chi connectivity index (χ4v) is 2.45. The molecule has 0 aliphatic carbocycles. The third kappa shape index (κ3) is 2.25. The van der Waals surface area contributed by atoms with Crippen molar-refractivity contribution < 1.29 is 0 Å². The molecule has 0 aromatic carbocycles. The van der Waals surface area contributed by atoms with Crippen LogP contribution < -0.4 is 5.32 Å². The van der Waals surface area contributed by atoms with Crippen LogP contribution in [-0.4, -0.2) is 27.0 Å². The van der Waals surface area contributed by atoms with E-state index in [2.05, 4.69) is 36.5 Å². The van der Waals surface area contributed by atoms with Crippen molar-refractivity contribution in [2.75, 3.05) is 12.4 Å². The van der Waals surface area contributed by atoms with Gasteiger partial charge in [0.05, 0.1) is 10.0 Å². The SMILES string of the molecule is CNc1nc(-c2c(Br)nnn2C)c(Cl)cc1Cl. The number of hydrogen-bond acceptors (Lipinski definition) is 4. The van der Waals surface area contributed by atoms with Gasteiger partial charge in [-0.25, -0.2) is 9.67 Å². The molecule has 0 saturated carbocycles. The summed E-state index contributed by atoms with van der Waals surface area (Å²) >= 11 is 15.4. The van der Waals surface area contributed by atoms with E-state index in [1.54, 1.807) is 24.8 Å². The minimum absolute atomic E-state index is 0.445. The van der Waals surface area contributed by atoms with Crippen LogP contribution in [0, 0.1) is 0 Å². The summed E-state index contributed by atoms with van der Waals surface area (Å²) in [6.07, 6.45) is 0. The van der Waals surface area contributed by atoms with Gasteiger partial charge in [-0.1, -0.05) is 28.4 Å². The van der Waals surface area contributed by atoms with E-state index in [4.69, 9.17) is 23.2 Å². The van der Waals surface area contributed by atoms with Gasteiger partial charge in [-0.3, -0.25) is 0 Å². The second-order valence-electron chi connectivity index (χ2n) is 3.25. The Balaban J connectivity index is 2.67. The van der Waals surface area contributed by atoms with Crippen molar-refractivity contribution in [2.24, 2.45) is 7.05 Å². The maximum Gasteiger partial charge on any atom is 0.157 e. The van der Waals surface area contributed by atoms with Crippen molar-refractivity contribution in [3.05, 3.63) is 20.7 Å². The van der Waals surface area contributed by atoms with Crippen LogP contribution in [0.3, 0.4) is 0 Å². The third-order valence-corrected chi connectivity index (χ3v) is 3.29. The van der Waals surface area contributed by atoms with E-state index in [0.717, 1.165) is 0 Å². The average molecular weight is 337 g/mol. The van der Waals surface area contributed by atoms with Crippen LogP contribution in [0.15, 0.2) is 10.7 Å². The summed E-state index contributed by atoms with van der Waals surface area (Å²) in [4.78, 5) is 4.35. The lowest BCUT2D eigenvalue weighted by Gasteiger charge is -2.08. The molecular weight excluding hydrogens is 329 g/mol. The lowest BCUT2D eigenvalue weighted by Crippen LogP contribution is -2.00. The zero-order valence-corrected chi connectivity index (χ0v) is 12.1. The monoisotopic (exact) mass is 335 g/mol. The number of aromatic nitrogens is 4. The molecular formula is C9H8BrCl2N5. The molecule has 2 aromatic heterocycles. The van der Waals surface area contributed by atoms with Crippen LogP contribution in [-0.2, 0) is 7.05 Å². The molecule has 90 valence electrons. The summed E-state index contributed by atoms with van der Waals surface area (Å²) in [5, 5.41) is 11.6. The fourth-order valence-electron chi connectivity index (χ4n) is 1.39. The molecule has 8 heteroatoms. The molecule has 0 fully saturated rings. The Morgan fingerprint density at radius 2 is 2.06 bits per heavy atom. The highest BCUT2D eigenvalue weighted by Crippen LogP contribution is 2.34. The van der Waals surface area contributed by atoms with E-state index in [0.29, 0.717) is 31.9 Å². The van der Waals surface area contributed by atoms with Crippen molar-refractivity contribution in [1.29, 1.82) is 0 Å². The average Bonchev–Trinajstić information content (AvgIpc) is 2.60. The first-order valence-electron chi connectivity index (χ1n) is 4.64. The third-order valence-electron chi connectivity index (χ3n) is 2.18. The number of anilines is 1. The first kappa shape index (κ1) is 12.6. The van der Waals surface area contributed by atoms with E-state index in [-0.39, 0.29) is 0 Å². The van der Waals surface area contributed by atoms with Gasteiger partial charge < -0.3 is 5.32 Å². The van der Waals surface area contributed by atoms with Gasteiger partial charge in [0, 0.05) is 14.1 Å². The first-order chi connectivity index (χ1) is 8.04. The molecule has 2 aromatic rings. The van der Waals surface area contributed by atoms with E-state index < -0.39 is 0 Å². The van der Waals surface area contributed by atoms with Gasteiger partial charge in [-0.05, 0) is 22.0 Å². The van der Waals surface area contributed by atoms with Crippen LogP contribution in [0.1, 0.15) is 0 Å². The van der Waals surface area contributed by atoms with E-state index >= 15 is 0 Å². The first-order valence-corrected chi connectivity index (χ1v) is 6.18. The number of nitrogens with zero attached hydrogens (tertiary/aromatic N) is 4. The largest absolute Gasteiger partial charge is 0.372 e. The molecule has 0 saturated heterocycles. The highest BCUT2D eigenvalue weighted by molar-refractivity contribution is 9.10. The second kappa shape index (κ2) is 4.80. The van der Waals surface area contributed by atoms with Gasteiger partial charge in [-0.15, -0.1) is 5.10 Å². The predicted molar refractivity (Wildman–Crippen MR) is 71.5 cm³/mol. The molecule has 1 N–H and O–H groups in total. The lowest BCUT2D eigenvalue weighted by atomic mass is 10.3. The maximum atomic E-state index is 6.13. The van der Waals surface area contributed by atoms with Gasteiger partial charge in [0.2, 0.25) is 0 Å². The molecule has 2 rings (SSSR count). The molecule has 5 nitrogen and oxygen atoms in total. The molecule has 17 heavy (non-hydrogen) atoms. The summed E-state index contributed by atoms with van der Waals surface area (Å²) in [5.74, 6) is 0.555. The Morgan fingerprint density at radius 1 is 1.35 bits per heavy atom. The van der Waals surface area contributed by atoms with Crippen molar-refractivity contribution in [1.82, 2.24) is 20.0 Å². The molecule has 0 spiro atoms. The fraction of sp³-hybridized carbons (Fsp3) is 0.222. The van der Waals surface area contributed by atoms with Crippen LogP contribution in [0.5, 0.6) is 0 Å². The molecule has 0 bridgehead atoms. The van der Waals surface area contributed by atoms with E-state index in [9.17, 15) is 0 Å². The predicted octanol–water partition coefficient (Wildman–Crippen LogP) is 2.99. The molecule has 0 aliphatic rings. The zero-order chi connectivity index (χ0) is 12.6. The van der Waals surface area contributed by atoms with Crippen molar-refractivity contribution in [3.63, 3.8) is 0 Å². The summed E-state index contributed by atoms with van der Waals surface area (Å²) in [7, 11) is 3.50. The van der Waals surface area contributed by atoms with Gasteiger partial charge in [0.25, 0.3) is 0 Å². The Kier molecular flexibility index (Phi) is 3.56. The Morgan fingerprint density at radius 3 is 2.59 bits per heavy atom. The molecule has 0 atom stereocenters. The van der Waals surface area contributed by atoms with Gasteiger partial charge in [0.15, 0.2) is 4.60 Å². The zero-order valence-electron chi connectivity index (χ0n) is 9.00. The van der Waals surface area contributed by atoms with Crippen LogP contribution in [0.4, 0.5) is 5.82 Å². The molecule has 0 radical (unpaired) electrons.